The minimum atomic E-state index is -0.319. The summed E-state index contributed by atoms with van der Waals surface area (Å²) in [4.78, 5) is 25.6. The molecule has 0 saturated carbocycles. The van der Waals surface area contributed by atoms with Gasteiger partial charge in [0.1, 0.15) is 11.6 Å². The Morgan fingerprint density at radius 2 is 2.07 bits per heavy atom. The number of benzene rings is 1. The van der Waals surface area contributed by atoms with Gasteiger partial charge in [-0.15, -0.1) is 0 Å². The quantitative estimate of drug-likeness (QED) is 0.639. The monoisotopic (exact) mass is 406 g/mol. The zero-order valence-electron chi connectivity index (χ0n) is 17.5. The highest BCUT2D eigenvalue weighted by atomic mass is 19.1. The summed E-state index contributed by atoms with van der Waals surface area (Å²) in [5.74, 6) is 0.685. The number of fused-ring (bicyclic) bond motifs is 1. The number of rotatable bonds is 5. The van der Waals surface area contributed by atoms with E-state index in [0.29, 0.717) is 26.1 Å². The lowest BCUT2D eigenvalue weighted by atomic mass is 10.0. The minimum Gasteiger partial charge on any atom is -0.353 e. The number of anilines is 1. The van der Waals surface area contributed by atoms with Gasteiger partial charge < -0.3 is 9.80 Å². The SMILES string of the molecule is Cc1cc(F)cnc1N1CCN(C(=O)CCCc2cccc3ncccc23)C(C)C1. The second kappa shape index (κ2) is 8.78. The fourth-order valence-electron chi connectivity index (χ4n) is 4.34. The molecule has 1 aliphatic heterocycles. The number of nitrogens with zero attached hydrogens (tertiary/aromatic N) is 4. The van der Waals surface area contributed by atoms with Crippen molar-refractivity contribution in [2.75, 3.05) is 24.5 Å². The van der Waals surface area contributed by atoms with Crippen LogP contribution in [0.5, 0.6) is 0 Å². The molecule has 1 amide bonds. The highest BCUT2D eigenvalue weighted by molar-refractivity contribution is 5.82. The van der Waals surface area contributed by atoms with Crippen molar-refractivity contribution in [1.29, 1.82) is 0 Å². The van der Waals surface area contributed by atoms with E-state index in [-0.39, 0.29) is 17.8 Å². The van der Waals surface area contributed by atoms with Gasteiger partial charge in [-0.05, 0) is 56.0 Å². The molecule has 1 aromatic carbocycles. The maximum atomic E-state index is 13.3. The summed E-state index contributed by atoms with van der Waals surface area (Å²) in [7, 11) is 0. The number of carbonyl (C=O) groups excluding carboxylic acids is 1. The van der Waals surface area contributed by atoms with Gasteiger partial charge in [-0.3, -0.25) is 9.78 Å². The third kappa shape index (κ3) is 4.27. The standard InChI is InChI=1S/C24H27FN4O/c1-17-14-20(25)15-27-24(17)28-12-13-29(18(2)16-28)23(30)10-4-7-19-6-3-9-22-21(19)8-5-11-26-22/h3,5-6,8-9,11,14-15,18H,4,7,10,12-13,16H2,1-2H3. The number of aromatic nitrogens is 2. The Hall–Kier alpha value is -3.02. The zero-order chi connectivity index (χ0) is 21.1. The first-order chi connectivity index (χ1) is 14.5. The molecule has 1 aliphatic rings. The third-order valence-electron chi connectivity index (χ3n) is 5.84. The van der Waals surface area contributed by atoms with E-state index in [1.807, 2.05) is 30.0 Å². The summed E-state index contributed by atoms with van der Waals surface area (Å²) < 4.78 is 13.3. The normalized spacial score (nSPS) is 16.8. The molecule has 0 bridgehead atoms. The average molecular weight is 407 g/mol. The third-order valence-corrected chi connectivity index (χ3v) is 5.84. The lowest BCUT2D eigenvalue weighted by Crippen LogP contribution is -2.54. The molecule has 2 aromatic heterocycles. The average Bonchev–Trinajstić information content (AvgIpc) is 2.74. The lowest BCUT2D eigenvalue weighted by Gasteiger charge is -2.41. The fourth-order valence-corrected chi connectivity index (χ4v) is 4.34. The second-order valence-electron chi connectivity index (χ2n) is 8.02. The van der Waals surface area contributed by atoms with Crippen LogP contribution < -0.4 is 4.90 Å². The van der Waals surface area contributed by atoms with Crippen LogP contribution in [-0.4, -0.2) is 46.5 Å². The molecule has 30 heavy (non-hydrogen) atoms. The van der Waals surface area contributed by atoms with Crippen LogP contribution in [0.1, 0.15) is 30.9 Å². The maximum Gasteiger partial charge on any atom is 0.222 e. The molecular formula is C24H27FN4O. The molecule has 0 radical (unpaired) electrons. The number of amides is 1. The van der Waals surface area contributed by atoms with E-state index < -0.39 is 0 Å². The maximum absolute atomic E-state index is 13.3. The van der Waals surface area contributed by atoms with Gasteiger partial charge in [-0.1, -0.05) is 18.2 Å². The number of halogens is 1. The van der Waals surface area contributed by atoms with E-state index in [2.05, 4.69) is 33.9 Å². The van der Waals surface area contributed by atoms with Crippen molar-refractivity contribution in [2.45, 2.75) is 39.2 Å². The Kier molecular flexibility index (Phi) is 5.93. The molecule has 1 atom stereocenters. The lowest BCUT2D eigenvalue weighted by molar-refractivity contribution is -0.133. The van der Waals surface area contributed by atoms with Crippen molar-refractivity contribution in [3.8, 4) is 0 Å². The molecule has 0 spiro atoms. The van der Waals surface area contributed by atoms with Crippen molar-refractivity contribution in [1.82, 2.24) is 14.9 Å². The molecule has 1 saturated heterocycles. The number of piperazine rings is 1. The van der Waals surface area contributed by atoms with Gasteiger partial charge in [-0.25, -0.2) is 9.37 Å². The summed E-state index contributed by atoms with van der Waals surface area (Å²) in [6.07, 6.45) is 5.28. The van der Waals surface area contributed by atoms with Crippen LogP contribution in [0, 0.1) is 12.7 Å². The number of aryl methyl sites for hydroxylation is 2. The molecule has 5 nitrogen and oxygen atoms in total. The molecule has 1 fully saturated rings. The van der Waals surface area contributed by atoms with E-state index >= 15 is 0 Å². The largest absolute Gasteiger partial charge is 0.353 e. The van der Waals surface area contributed by atoms with Gasteiger partial charge >= 0.3 is 0 Å². The summed E-state index contributed by atoms with van der Waals surface area (Å²) in [6.45, 7) is 6.02. The van der Waals surface area contributed by atoms with E-state index in [0.717, 1.165) is 35.1 Å². The van der Waals surface area contributed by atoms with Crippen molar-refractivity contribution in [2.24, 2.45) is 0 Å². The number of pyridine rings is 2. The Morgan fingerprint density at radius 1 is 1.20 bits per heavy atom. The van der Waals surface area contributed by atoms with Crippen molar-refractivity contribution in [3.05, 3.63) is 65.7 Å². The van der Waals surface area contributed by atoms with Crippen LogP contribution in [0.2, 0.25) is 0 Å². The molecule has 0 aliphatic carbocycles. The summed E-state index contributed by atoms with van der Waals surface area (Å²) in [6, 6.07) is 11.8. The topological polar surface area (TPSA) is 49.3 Å². The molecule has 156 valence electrons. The van der Waals surface area contributed by atoms with E-state index in [9.17, 15) is 9.18 Å². The van der Waals surface area contributed by atoms with Gasteiger partial charge in [0.05, 0.1) is 11.7 Å². The van der Waals surface area contributed by atoms with Crippen LogP contribution in [0.3, 0.4) is 0 Å². The van der Waals surface area contributed by atoms with E-state index in [1.54, 1.807) is 6.20 Å². The summed E-state index contributed by atoms with van der Waals surface area (Å²) >= 11 is 0. The Labute approximate surface area is 176 Å². The Morgan fingerprint density at radius 3 is 2.87 bits per heavy atom. The van der Waals surface area contributed by atoms with Gasteiger partial charge in [0.25, 0.3) is 0 Å². The molecule has 4 rings (SSSR count). The van der Waals surface area contributed by atoms with Crippen molar-refractivity contribution >= 4 is 22.6 Å². The van der Waals surface area contributed by atoms with Gasteiger partial charge in [-0.2, -0.15) is 0 Å². The highest BCUT2D eigenvalue weighted by Gasteiger charge is 2.28. The molecule has 0 N–H and O–H groups in total. The predicted molar refractivity (Wildman–Crippen MR) is 117 cm³/mol. The van der Waals surface area contributed by atoms with Crippen molar-refractivity contribution < 1.29 is 9.18 Å². The van der Waals surface area contributed by atoms with Crippen LogP contribution >= 0.6 is 0 Å². The van der Waals surface area contributed by atoms with Gasteiger partial charge in [0, 0.05) is 43.7 Å². The highest BCUT2D eigenvalue weighted by Crippen LogP contribution is 2.23. The predicted octanol–water partition coefficient (Wildman–Crippen LogP) is 4.14. The number of hydrogen-bond acceptors (Lipinski definition) is 4. The Balaban J connectivity index is 1.33. The summed E-state index contributed by atoms with van der Waals surface area (Å²) in [5, 5.41) is 1.16. The number of hydrogen-bond donors (Lipinski definition) is 0. The number of carbonyl (C=O) groups is 1. The zero-order valence-corrected chi connectivity index (χ0v) is 17.5. The van der Waals surface area contributed by atoms with Crippen LogP contribution in [-0.2, 0) is 11.2 Å². The molecule has 6 heteroatoms. The second-order valence-corrected chi connectivity index (χ2v) is 8.02. The first-order valence-electron chi connectivity index (χ1n) is 10.5. The minimum absolute atomic E-state index is 0.0965. The van der Waals surface area contributed by atoms with Gasteiger partial charge in [0.15, 0.2) is 0 Å². The van der Waals surface area contributed by atoms with Crippen LogP contribution in [0.25, 0.3) is 10.9 Å². The first kappa shape index (κ1) is 20.3. The van der Waals surface area contributed by atoms with Crippen molar-refractivity contribution in [3.63, 3.8) is 0 Å². The molecule has 3 heterocycles. The Bertz CT molecular complexity index is 1050. The summed E-state index contributed by atoms with van der Waals surface area (Å²) in [5.41, 5.74) is 3.06. The van der Waals surface area contributed by atoms with Crippen LogP contribution in [0.15, 0.2) is 48.8 Å². The molecule has 1 unspecified atom stereocenters. The molecule has 3 aromatic rings. The van der Waals surface area contributed by atoms with Gasteiger partial charge in [0.2, 0.25) is 5.91 Å². The van der Waals surface area contributed by atoms with E-state index in [1.165, 1.54) is 17.8 Å². The molecular weight excluding hydrogens is 379 g/mol. The first-order valence-corrected chi connectivity index (χ1v) is 10.5. The van der Waals surface area contributed by atoms with Crippen LogP contribution in [0.4, 0.5) is 10.2 Å². The van der Waals surface area contributed by atoms with E-state index in [4.69, 9.17) is 0 Å². The fraction of sp³-hybridized carbons (Fsp3) is 0.375. The smallest absolute Gasteiger partial charge is 0.222 e.